The molecule has 7 aromatic carbocycles. The summed E-state index contributed by atoms with van der Waals surface area (Å²) >= 11 is 7.68. The maximum Gasteiger partial charge on any atom is 0.252 e. The molecule has 7 aromatic rings. The highest BCUT2D eigenvalue weighted by Crippen LogP contribution is 2.48. The molecule has 0 aliphatic carbocycles. The molecule has 2 aliphatic heterocycles. The Morgan fingerprint density at radius 3 is 1.21 bits per heavy atom. The van der Waals surface area contributed by atoms with Gasteiger partial charge >= 0.3 is 0 Å². The summed E-state index contributed by atoms with van der Waals surface area (Å²) in [6.45, 7) is 0.0193. The van der Waals surface area contributed by atoms with E-state index in [2.05, 4.69) is 216 Å². The van der Waals surface area contributed by atoms with Crippen molar-refractivity contribution in [3.63, 3.8) is 0 Å². The molecule has 0 fully saturated rings. The Morgan fingerprint density at radius 2 is 0.792 bits per heavy atom. The van der Waals surface area contributed by atoms with Gasteiger partial charge in [-0.15, -0.1) is 0 Å². The number of nitrogens with zero attached hydrogens (tertiary/aromatic N) is 3. The third-order valence-electron chi connectivity index (χ3n) is 9.29. The van der Waals surface area contributed by atoms with Crippen LogP contribution in [0.15, 0.2) is 179 Å². The Kier molecular flexibility index (Phi) is 7.21. The molecule has 2 heterocycles. The van der Waals surface area contributed by atoms with E-state index in [1.54, 1.807) is 0 Å². The number of anilines is 9. The second-order valence-corrected chi connectivity index (χ2v) is 13.9. The van der Waals surface area contributed by atoms with Crippen molar-refractivity contribution in [2.45, 2.75) is 0 Å². The molecule has 0 atom stereocenters. The third kappa shape index (κ3) is 4.78. The Morgan fingerprint density at radius 1 is 0.396 bits per heavy atom. The van der Waals surface area contributed by atoms with E-state index in [9.17, 15) is 0 Å². The summed E-state index contributed by atoms with van der Waals surface area (Å²) in [7, 11) is 0. The fourth-order valence-corrected chi connectivity index (χ4v) is 8.13. The summed E-state index contributed by atoms with van der Waals surface area (Å²) in [6, 6.07) is 61.0. The molecule has 0 amide bonds. The van der Waals surface area contributed by atoms with Crippen molar-refractivity contribution < 1.29 is 0 Å². The maximum atomic E-state index is 3.84. The largest absolute Gasteiger partial charge is 0.311 e. The van der Waals surface area contributed by atoms with Crippen molar-refractivity contribution in [3.05, 3.63) is 179 Å². The number of hydrogen-bond donors (Lipinski definition) is 0. The second-order valence-electron chi connectivity index (χ2n) is 12.1. The molecule has 0 unspecified atom stereocenters. The van der Waals surface area contributed by atoms with Crippen molar-refractivity contribution in [2.75, 3.05) is 14.7 Å². The molecule has 0 bridgehead atoms. The predicted octanol–water partition coefficient (Wildman–Crippen LogP) is 10.8. The quantitative estimate of drug-likeness (QED) is 0.163. The van der Waals surface area contributed by atoms with Crippen LogP contribution in [0.3, 0.4) is 0 Å². The topological polar surface area (TPSA) is 9.72 Å². The highest BCUT2D eigenvalue weighted by atomic mass is 79.9. The molecular weight excluding hydrogens is 717 g/mol. The first kappa shape index (κ1) is 29.1. The molecule has 0 N–H and O–H groups in total. The van der Waals surface area contributed by atoms with Crippen LogP contribution in [0, 0.1) is 0 Å². The average molecular weight is 745 g/mol. The van der Waals surface area contributed by atoms with Gasteiger partial charge in [0.15, 0.2) is 0 Å². The zero-order chi connectivity index (χ0) is 32.2. The maximum absolute atomic E-state index is 3.84. The van der Waals surface area contributed by atoms with Crippen LogP contribution in [0.5, 0.6) is 0 Å². The monoisotopic (exact) mass is 743 g/mol. The van der Waals surface area contributed by atoms with Crippen LogP contribution in [0.4, 0.5) is 51.2 Å². The second kappa shape index (κ2) is 11.9. The van der Waals surface area contributed by atoms with Gasteiger partial charge in [0.1, 0.15) is 0 Å². The summed E-state index contributed by atoms with van der Waals surface area (Å²) in [5.41, 5.74) is 14.0. The lowest BCUT2D eigenvalue weighted by Crippen LogP contribution is -2.61. The highest BCUT2D eigenvalue weighted by molar-refractivity contribution is 9.10. The standard InChI is InChI=1S/C42H28BBr2N3/c44-29-21-23-38-36(25-29)43-37-26-30(45)22-24-39(37)48(34-19-11-4-12-20-34)41-28-35(27-40(42(41)43)47(38)33-17-9-3-10-18-33)46(31-13-5-1-6-14-31)32-15-7-2-8-16-32/h1-28H. The molecule has 228 valence electrons. The van der Waals surface area contributed by atoms with Gasteiger partial charge in [-0.1, -0.05) is 117 Å². The van der Waals surface area contributed by atoms with Gasteiger partial charge in [0, 0.05) is 54.4 Å². The van der Waals surface area contributed by atoms with Crippen LogP contribution >= 0.6 is 31.9 Å². The Hall–Kier alpha value is -5.04. The number of rotatable bonds is 5. The van der Waals surface area contributed by atoms with Crippen molar-refractivity contribution >= 4 is 106 Å². The third-order valence-corrected chi connectivity index (χ3v) is 10.3. The van der Waals surface area contributed by atoms with Crippen LogP contribution in [0.2, 0.25) is 0 Å². The molecule has 0 aromatic heterocycles. The number of benzene rings is 7. The lowest BCUT2D eigenvalue weighted by Gasteiger charge is -2.45. The van der Waals surface area contributed by atoms with Crippen LogP contribution in [-0.2, 0) is 0 Å². The normalized spacial score (nSPS) is 12.7. The fraction of sp³-hybridized carbons (Fsp3) is 0. The molecular formula is C42H28BBr2N3. The summed E-state index contributed by atoms with van der Waals surface area (Å²) in [5.74, 6) is 0. The first-order valence-electron chi connectivity index (χ1n) is 16.0. The van der Waals surface area contributed by atoms with Crippen LogP contribution < -0.4 is 31.1 Å². The van der Waals surface area contributed by atoms with Gasteiger partial charge in [-0.05, 0) is 101 Å². The van der Waals surface area contributed by atoms with Crippen molar-refractivity contribution in [2.24, 2.45) is 0 Å². The van der Waals surface area contributed by atoms with Crippen LogP contribution in [0.1, 0.15) is 0 Å². The van der Waals surface area contributed by atoms with Gasteiger partial charge in [-0.2, -0.15) is 0 Å². The van der Waals surface area contributed by atoms with E-state index >= 15 is 0 Å². The number of para-hydroxylation sites is 4. The Bertz CT molecular complexity index is 2120. The van der Waals surface area contributed by atoms with E-state index < -0.39 is 0 Å². The van der Waals surface area contributed by atoms with Gasteiger partial charge in [-0.3, -0.25) is 0 Å². The smallest absolute Gasteiger partial charge is 0.252 e. The van der Waals surface area contributed by atoms with Crippen LogP contribution in [-0.4, -0.2) is 6.71 Å². The number of fused-ring (bicyclic) bond motifs is 4. The van der Waals surface area contributed by atoms with Crippen molar-refractivity contribution in [1.29, 1.82) is 0 Å². The molecule has 48 heavy (non-hydrogen) atoms. The molecule has 2 aliphatic rings. The Labute approximate surface area is 298 Å². The SMILES string of the molecule is Brc1ccc2c(c1)B1c3cc(Br)ccc3N(c3ccccc3)c3cc(N(c4ccccc4)c4ccccc4)cc(c31)N2c1ccccc1. The molecule has 0 saturated carbocycles. The molecule has 0 spiro atoms. The summed E-state index contributed by atoms with van der Waals surface area (Å²) < 4.78 is 2.13. The summed E-state index contributed by atoms with van der Waals surface area (Å²) in [6.07, 6.45) is 0. The van der Waals surface area contributed by atoms with Crippen LogP contribution in [0.25, 0.3) is 0 Å². The summed E-state index contributed by atoms with van der Waals surface area (Å²) in [4.78, 5) is 7.26. The van der Waals surface area contributed by atoms with Gasteiger partial charge < -0.3 is 14.7 Å². The lowest BCUT2D eigenvalue weighted by molar-refractivity contribution is 1.22. The first-order chi connectivity index (χ1) is 23.7. The van der Waals surface area contributed by atoms with E-state index in [4.69, 9.17) is 0 Å². The van der Waals surface area contributed by atoms with Gasteiger partial charge in [0.05, 0.1) is 5.69 Å². The van der Waals surface area contributed by atoms with Gasteiger partial charge in [0.2, 0.25) is 0 Å². The molecule has 6 heteroatoms. The molecule has 0 saturated heterocycles. The molecule has 9 rings (SSSR count). The van der Waals surface area contributed by atoms with Gasteiger partial charge in [0.25, 0.3) is 6.71 Å². The molecule has 3 nitrogen and oxygen atoms in total. The van der Waals surface area contributed by atoms with E-state index in [0.29, 0.717) is 0 Å². The minimum atomic E-state index is 0.0193. The average Bonchev–Trinajstić information content (AvgIpc) is 3.13. The highest BCUT2D eigenvalue weighted by Gasteiger charge is 2.44. The van der Waals surface area contributed by atoms with E-state index in [-0.39, 0.29) is 6.71 Å². The predicted molar refractivity (Wildman–Crippen MR) is 211 cm³/mol. The van der Waals surface area contributed by atoms with Gasteiger partial charge in [-0.25, -0.2) is 0 Å². The fourth-order valence-electron chi connectivity index (χ4n) is 7.37. The number of hydrogen-bond acceptors (Lipinski definition) is 3. The Balaban J connectivity index is 1.42. The van der Waals surface area contributed by atoms with E-state index in [1.807, 2.05) is 0 Å². The number of halogens is 2. The minimum Gasteiger partial charge on any atom is -0.311 e. The zero-order valence-electron chi connectivity index (χ0n) is 25.8. The first-order valence-corrected chi connectivity index (χ1v) is 17.6. The summed E-state index contributed by atoms with van der Waals surface area (Å²) in [5, 5.41) is 0. The van der Waals surface area contributed by atoms with Crippen molar-refractivity contribution in [1.82, 2.24) is 0 Å². The van der Waals surface area contributed by atoms with E-state index in [0.717, 1.165) is 48.8 Å². The molecule has 0 radical (unpaired) electrons. The van der Waals surface area contributed by atoms with E-state index in [1.165, 1.54) is 27.8 Å². The minimum absolute atomic E-state index is 0.0193. The van der Waals surface area contributed by atoms with Crippen molar-refractivity contribution in [3.8, 4) is 0 Å². The lowest BCUT2D eigenvalue weighted by atomic mass is 9.33. The zero-order valence-corrected chi connectivity index (χ0v) is 29.0.